The van der Waals surface area contributed by atoms with Crippen molar-refractivity contribution < 1.29 is 0 Å². The maximum atomic E-state index is 5.71. The van der Waals surface area contributed by atoms with E-state index in [2.05, 4.69) is 9.97 Å². The Labute approximate surface area is 76.8 Å². The molecule has 0 amide bonds. The highest BCUT2D eigenvalue weighted by atomic mass is 32.2. The van der Waals surface area contributed by atoms with Gasteiger partial charge in [-0.2, -0.15) is 0 Å². The topological polar surface area (TPSA) is 51.8 Å². The number of rotatable bonds is 2. The van der Waals surface area contributed by atoms with Crippen LogP contribution in [0.5, 0.6) is 0 Å². The fraction of sp³-hybridized carbons (Fsp3) is 0.500. The number of anilines is 1. The van der Waals surface area contributed by atoms with Gasteiger partial charge in [-0.1, -0.05) is 6.92 Å². The van der Waals surface area contributed by atoms with Crippen molar-refractivity contribution in [2.45, 2.75) is 25.3 Å². The Kier molecular flexibility index (Phi) is 2.92. The minimum atomic E-state index is 0.603. The molecule has 4 heteroatoms. The lowest BCUT2D eigenvalue weighted by atomic mass is 10.3. The van der Waals surface area contributed by atoms with E-state index < -0.39 is 0 Å². The van der Waals surface area contributed by atoms with Gasteiger partial charge in [0, 0.05) is 12.0 Å². The third kappa shape index (κ3) is 1.69. The molecule has 0 saturated carbocycles. The second kappa shape index (κ2) is 3.76. The highest BCUT2D eigenvalue weighted by Crippen LogP contribution is 2.20. The van der Waals surface area contributed by atoms with Crippen LogP contribution >= 0.6 is 11.8 Å². The molecule has 1 aromatic rings. The largest absolute Gasteiger partial charge is 0.383 e. The highest BCUT2D eigenvalue weighted by Gasteiger charge is 2.05. The minimum absolute atomic E-state index is 0.603. The molecule has 0 aromatic carbocycles. The molecule has 0 aliphatic heterocycles. The van der Waals surface area contributed by atoms with Crippen LogP contribution in [0.15, 0.2) is 5.03 Å². The van der Waals surface area contributed by atoms with Crippen LogP contribution in [-0.4, -0.2) is 16.2 Å². The van der Waals surface area contributed by atoms with Crippen LogP contribution < -0.4 is 5.73 Å². The van der Waals surface area contributed by atoms with E-state index in [4.69, 9.17) is 5.73 Å². The standard InChI is InChI=1S/C8H13N3S/c1-4-6-10-7(9)5(2)8(11-6)12-3/h4H2,1-3H3,(H2,9,10,11). The van der Waals surface area contributed by atoms with Crippen LogP contribution in [0, 0.1) is 6.92 Å². The average Bonchev–Trinajstić information content (AvgIpc) is 2.09. The van der Waals surface area contributed by atoms with E-state index in [1.165, 1.54) is 0 Å². The van der Waals surface area contributed by atoms with Crippen LogP contribution in [0.2, 0.25) is 0 Å². The Balaban J connectivity index is 3.19. The fourth-order valence-corrected chi connectivity index (χ4v) is 1.52. The fourth-order valence-electron chi connectivity index (χ4n) is 0.915. The number of aromatic nitrogens is 2. The van der Waals surface area contributed by atoms with Crippen LogP contribution in [0.3, 0.4) is 0 Å². The van der Waals surface area contributed by atoms with E-state index in [1.54, 1.807) is 11.8 Å². The lowest BCUT2D eigenvalue weighted by Crippen LogP contribution is -2.03. The van der Waals surface area contributed by atoms with Crippen molar-refractivity contribution in [1.82, 2.24) is 9.97 Å². The molecule has 2 N–H and O–H groups in total. The van der Waals surface area contributed by atoms with E-state index in [1.807, 2.05) is 20.1 Å². The van der Waals surface area contributed by atoms with Crippen molar-refractivity contribution in [2.24, 2.45) is 0 Å². The maximum Gasteiger partial charge on any atom is 0.131 e. The van der Waals surface area contributed by atoms with Crippen LogP contribution in [0.1, 0.15) is 18.3 Å². The highest BCUT2D eigenvalue weighted by molar-refractivity contribution is 7.98. The summed E-state index contributed by atoms with van der Waals surface area (Å²) in [5.41, 5.74) is 6.69. The predicted molar refractivity (Wildman–Crippen MR) is 52.3 cm³/mol. The number of nitrogen functional groups attached to an aromatic ring is 1. The summed E-state index contributed by atoms with van der Waals surface area (Å²) in [6, 6.07) is 0. The number of hydrogen-bond donors (Lipinski definition) is 1. The molecule has 1 rings (SSSR count). The first-order chi connectivity index (χ1) is 5.69. The van der Waals surface area contributed by atoms with E-state index in [0.29, 0.717) is 5.82 Å². The molecule has 0 bridgehead atoms. The van der Waals surface area contributed by atoms with Gasteiger partial charge in [0.2, 0.25) is 0 Å². The minimum Gasteiger partial charge on any atom is -0.383 e. The first-order valence-electron chi connectivity index (χ1n) is 3.86. The molecule has 0 unspecified atom stereocenters. The molecule has 1 aromatic heterocycles. The van der Waals surface area contributed by atoms with Crippen molar-refractivity contribution in [3.05, 3.63) is 11.4 Å². The summed E-state index contributed by atoms with van der Waals surface area (Å²) in [6.45, 7) is 3.97. The summed E-state index contributed by atoms with van der Waals surface area (Å²) < 4.78 is 0. The summed E-state index contributed by atoms with van der Waals surface area (Å²) >= 11 is 1.61. The quantitative estimate of drug-likeness (QED) is 0.559. The molecule has 0 saturated heterocycles. The van der Waals surface area contributed by atoms with E-state index in [-0.39, 0.29) is 0 Å². The van der Waals surface area contributed by atoms with Crippen molar-refractivity contribution in [2.75, 3.05) is 12.0 Å². The average molecular weight is 183 g/mol. The maximum absolute atomic E-state index is 5.71. The third-order valence-corrected chi connectivity index (χ3v) is 2.48. The van der Waals surface area contributed by atoms with E-state index >= 15 is 0 Å². The van der Waals surface area contributed by atoms with Gasteiger partial charge in [0.05, 0.1) is 0 Å². The Morgan fingerprint density at radius 2 is 2.08 bits per heavy atom. The smallest absolute Gasteiger partial charge is 0.131 e. The molecule has 12 heavy (non-hydrogen) atoms. The van der Waals surface area contributed by atoms with Crippen molar-refractivity contribution in [1.29, 1.82) is 0 Å². The van der Waals surface area contributed by atoms with Crippen LogP contribution in [0.4, 0.5) is 5.82 Å². The van der Waals surface area contributed by atoms with Gasteiger partial charge in [0.15, 0.2) is 0 Å². The monoisotopic (exact) mass is 183 g/mol. The Hall–Kier alpha value is -0.770. The van der Waals surface area contributed by atoms with Crippen molar-refractivity contribution >= 4 is 17.6 Å². The molecule has 3 nitrogen and oxygen atoms in total. The van der Waals surface area contributed by atoms with Gasteiger partial charge >= 0.3 is 0 Å². The lowest BCUT2D eigenvalue weighted by molar-refractivity contribution is 0.879. The lowest BCUT2D eigenvalue weighted by Gasteiger charge is -2.05. The number of nitrogens with zero attached hydrogens (tertiary/aromatic N) is 2. The van der Waals surface area contributed by atoms with Gasteiger partial charge in [0.25, 0.3) is 0 Å². The normalized spacial score (nSPS) is 10.2. The van der Waals surface area contributed by atoms with Gasteiger partial charge in [-0.15, -0.1) is 11.8 Å². The van der Waals surface area contributed by atoms with Gasteiger partial charge in [-0.3, -0.25) is 0 Å². The first-order valence-corrected chi connectivity index (χ1v) is 5.08. The summed E-state index contributed by atoms with van der Waals surface area (Å²) in [4.78, 5) is 8.50. The number of nitrogens with two attached hydrogens (primary N) is 1. The zero-order valence-electron chi connectivity index (χ0n) is 7.59. The molecule has 0 aliphatic rings. The molecule has 0 fully saturated rings. The molecular formula is C8H13N3S. The van der Waals surface area contributed by atoms with E-state index in [9.17, 15) is 0 Å². The molecule has 0 spiro atoms. The second-order valence-electron chi connectivity index (χ2n) is 2.51. The molecule has 1 heterocycles. The molecular weight excluding hydrogens is 170 g/mol. The molecule has 66 valence electrons. The molecule has 0 atom stereocenters. The zero-order chi connectivity index (χ0) is 9.14. The van der Waals surface area contributed by atoms with Crippen LogP contribution in [-0.2, 0) is 6.42 Å². The van der Waals surface area contributed by atoms with Gasteiger partial charge < -0.3 is 5.73 Å². The SMILES string of the molecule is CCc1nc(N)c(C)c(SC)n1. The Morgan fingerprint density at radius 1 is 1.42 bits per heavy atom. The molecule has 0 radical (unpaired) electrons. The van der Waals surface area contributed by atoms with E-state index in [0.717, 1.165) is 22.8 Å². The van der Waals surface area contributed by atoms with Crippen LogP contribution in [0.25, 0.3) is 0 Å². The zero-order valence-corrected chi connectivity index (χ0v) is 8.40. The van der Waals surface area contributed by atoms with Gasteiger partial charge in [-0.05, 0) is 13.2 Å². The van der Waals surface area contributed by atoms with Crippen molar-refractivity contribution in [3.63, 3.8) is 0 Å². The second-order valence-corrected chi connectivity index (χ2v) is 3.31. The summed E-state index contributed by atoms with van der Waals surface area (Å²) in [5, 5.41) is 0.986. The Bertz CT molecular complexity index is 286. The number of aryl methyl sites for hydroxylation is 1. The molecule has 0 aliphatic carbocycles. The van der Waals surface area contributed by atoms with Crippen molar-refractivity contribution in [3.8, 4) is 0 Å². The van der Waals surface area contributed by atoms with Gasteiger partial charge in [0.1, 0.15) is 16.7 Å². The predicted octanol–water partition coefficient (Wildman–Crippen LogP) is 1.65. The number of thioether (sulfide) groups is 1. The summed E-state index contributed by atoms with van der Waals surface area (Å²) in [7, 11) is 0. The van der Waals surface area contributed by atoms with Gasteiger partial charge in [-0.25, -0.2) is 9.97 Å². The third-order valence-electron chi connectivity index (χ3n) is 1.69. The first kappa shape index (κ1) is 9.32. The Morgan fingerprint density at radius 3 is 2.58 bits per heavy atom. The summed E-state index contributed by atoms with van der Waals surface area (Å²) in [5.74, 6) is 1.42. The summed E-state index contributed by atoms with van der Waals surface area (Å²) in [6.07, 6.45) is 2.83. The number of hydrogen-bond acceptors (Lipinski definition) is 4.